The number of nitrogens with zero attached hydrogens (tertiary/aromatic N) is 3. The van der Waals surface area contributed by atoms with Crippen molar-refractivity contribution < 1.29 is 24.5 Å². The van der Waals surface area contributed by atoms with Crippen LogP contribution < -0.4 is 0 Å². The van der Waals surface area contributed by atoms with Crippen molar-refractivity contribution in [2.75, 3.05) is 0 Å². The molecule has 0 aliphatic rings. The van der Waals surface area contributed by atoms with Crippen LogP contribution in [0.4, 0.5) is 4.39 Å². The molecule has 0 spiro atoms. The minimum atomic E-state index is -0.416. The molecule has 1 aromatic carbocycles. The Bertz CT molecular complexity index is 662. The minimum Gasteiger partial charge on any atom is -0.373 e. The molecule has 0 amide bonds. The quantitative estimate of drug-likeness (QED) is 0.563. The topological polar surface area (TPSA) is 30.7 Å². The Balaban J connectivity index is 0.00000108. The molecule has 1 radical (unpaired) electrons. The first-order valence-corrected chi connectivity index (χ1v) is 5.51. The molecule has 0 bridgehead atoms. The molecule has 3 nitrogen and oxygen atoms in total. The first-order valence-electron chi connectivity index (χ1n) is 4.69. The summed E-state index contributed by atoms with van der Waals surface area (Å²) < 4.78 is 15.6. The Morgan fingerprint density at radius 3 is 3.00 bits per heavy atom. The van der Waals surface area contributed by atoms with Crippen molar-refractivity contribution >= 4 is 21.6 Å². The number of aryl methyl sites for hydroxylation is 1. The van der Waals surface area contributed by atoms with E-state index in [1.54, 1.807) is 18.3 Å². The van der Waals surface area contributed by atoms with Gasteiger partial charge in [-0.15, -0.1) is 35.1 Å². The van der Waals surface area contributed by atoms with Gasteiger partial charge in [-0.25, -0.2) is 4.98 Å². The third-order valence-corrected chi connectivity index (χ3v) is 3.16. The van der Waals surface area contributed by atoms with E-state index in [-0.39, 0.29) is 20.1 Å². The van der Waals surface area contributed by atoms with Crippen LogP contribution in [0.3, 0.4) is 0 Å². The van der Waals surface area contributed by atoms with Gasteiger partial charge < -0.3 is 4.57 Å². The largest absolute Gasteiger partial charge is 0.373 e. The van der Waals surface area contributed by atoms with Crippen LogP contribution in [0.1, 0.15) is 0 Å². The second-order valence-corrected chi connectivity index (χ2v) is 4.41. The fourth-order valence-corrected chi connectivity index (χ4v) is 2.25. The zero-order valence-corrected chi connectivity index (χ0v) is 12.0. The first-order chi connectivity index (χ1) is 7.74. The van der Waals surface area contributed by atoms with E-state index in [2.05, 4.69) is 16.0 Å². The smallest absolute Gasteiger partial charge is 0.259 e. The number of thiazole rings is 1. The van der Waals surface area contributed by atoms with E-state index in [0.29, 0.717) is 5.52 Å². The Labute approximate surface area is 115 Å². The van der Waals surface area contributed by atoms with Crippen LogP contribution in [-0.2, 0) is 27.2 Å². The maximum absolute atomic E-state index is 12.9. The molecule has 0 saturated carbocycles. The summed E-state index contributed by atoms with van der Waals surface area (Å²) in [5.41, 5.74) is 1.48. The number of rotatable bonds is 1. The van der Waals surface area contributed by atoms with Gasteiger partial charge in [0.1, 0.15) is 0 Å². The molecule has 0 atom stereocenters. The van der Waals surface area contributed by atoms with Crippen LogP contribution in [-0.4, -0.2) is 14.5 Å². The molecular formula is C11H7FIrN3S-. The molecule has 0 unspecified atom stereocenters. The molecule has 2 aromatic heterocycles. The van der Waals surface area contributed by atoms with Gasteiger partial charge in [0, 0.05) is 45.1 Å². The average molecular weight is 424 g/mol. The fraction of sp³-hybridized carbons (Fsp3) is 0.0909. The Morgan fingerprint density at radius 1 is 1.47 bits per heavy atom. The fourth-order valence-electron chi connectivity index (χ4n) is 1.60. The Kier molecular flexibility index (Phi) is 3.38. The van der Waals surface area contributed by atoms with Gasteiger partial charge in [0.25, 0.3) is 5.26 Å². The molecule has 0 N–H and O–H groups in total. The van der Waals surface area contributed by atoms with Crippen molar-refractivity contribution in [3.63, 3.8) is 0 Å². The average Bonchev–Trinajstić information content (AvgIpc) is 2.81. The van der Waals surface area contributed by atoms with Crippen molar-refractivity contribution in [3.05, 3.63) is 35.9 Å². The maximum Gasteiger partial charge on any atom is 0.259 e. The SMILES string of the molecule is Cn1ccnc1-c1[c-]cc2sc(F)nc2c1.[Ir]. The minimum absolute atomic E-state index is 0. The summed E-state index contributed by atoms with van der Waals surface area (Å²) in [5, 5.41) is -0.416. The van der Waals surface area contributed by atoms with Gasteiger partial charge in [0.15, 0.2) is 0 Å². The number of hydrogen-bond donors (Lipinski definition) is 0. The van der Waals surface area contributed by atoms with Crippen LogP contribution in [0.25, 0.3) is 21.6 Å². The molecule has 3 rings (SSSR count). The van der Waals surface area contributed by atoms with Crippen LogP contribution in [0.15, 0.2) is 24.5 Å². The van der Waals surface area contributed by atoms with Gasteiger partial charge in [0.05, 0.1) is 5.82 Å². The number of fused-ring (bicyclic) bond motifs is 1. The van der Waals surface area contributed by atoms with Crippen molar-refractivity contribution in [3.8, 4) is 11.4 Å². The molecular weight excluding hydrogens is 417 g/mol. The van der Waals surface area contributed by atoms with Crippen LogP contribution in [0, 0.1) is 11.3 Å². The third-order valence-electron chi connectivity index (χ3n) is 2.36. The van der Waals surface area contributed by atoms with Crippen LogP contribution in [0.5, 0.6) is 0 Å². The Hall–Kier alpha value is -1.10. The van der Waals surface area contributed by atoms with E-state index in [1.807, 2.05) is 17.8 Å². The monoisotopic (exact) mass is 425 g/mol. The summed E-state index contributed by atoms with van der Waals surface area (Å²) >= 11 is 1.03. The molecule has 17 heavy (non-hydrogen) atoms. The summed E-state index contributed by atoms with van der Waals surface area (Å²) in [5.74, 6) is 0.801. The van der Waals surface area contributed by atoms with E-state index >= 15 is 0 Å². The summed E-state index contributed by atoms with van der Waals surface area (Å²) in [4.78, 5) is 8.02. The van der Waals surface area contributed by atoms with E-state index in [9.17, 15) is 4.39 Å². The maximum atomic E-state index is 12.9. The van der Waals surface area contributed by atoms with Gasteiger partial charge in [-0.1, -0.05) is 0 Å². The van der Waals surface area contributed by atoms with E-state index in [4.69, 9.17) is 0 Å². The molecule has 89 valence electrons. The molecule has 0 saturated heterocycles. The van der Waals surface area contributed by atoms with E-state index < -0.39 is 5.26 Å². The van der Waals surface area contributed by atoms with Gasteiger partial charge in [-0.05, 0) is 4.70 Å². The van der Waals surface area contributed by atoms with Crippen molar-refractivity contribution in [1.29, 1.82) is 0 Å². The van der Waals surface area contributed by atoms with Gasteiger partial charge in [-0.2, -0.15) is 4.39 Å². The van der Waals surface area contributed by atoms with E-state index in [0.717, 1.165) is 27.4 Å². The zero-order valence-electron chi connectivity index (χ0n) is 8.77. The number of hydrogen-bond acceptors (Lipinski definition) is 3. The van der Waals surface area contributed by atoms with Crippen molar-refractivity contribution in [2.45, 2.75) is 0 Å². The van der Waals surface area contributed by atoms with Crippen molar-refractivity contribution in [1.82, 2.24) is 14.5 Å². The molecule has 0 fully saturated rings. The third kappa shape index (κ3) is 2.16. The van der Waals surface area contributed by atoms with Gasteiger partial charge in [0.2, 0.25) is 0 Å². The van der Waals surface area contributed by atoms with Crippen LogP contribution >= 0.6 is 11.3 Å². The molecule has 3 aromatic rings. The number of halogens is 1. The normalized spacial score (nSPS) is 10.5. The molecule has 0 aliphatic heterocycles. The zero-order chi connectivity index (χ0) is 11.1. The first kappa shape index (κ1) is 12.4. The summed E-state index contributed by atoms with van der Waals surface area (Å²) in [6.07, 6.45) is 3.57. The van der Waals surface area contributed by atoms with E-state index in [1.165, 1.54) is 0 Å². The second-order valence-electron chi connectivity index (χ2n) is 3.42. The number of aromatic nitrogens is 3. The molecule has 2 heterocycles. The van der Waals surface area contributed by atoms with Crippen molar-refractivity contribution in [2.24, 2.45) is 7.05 Å². The van der Waals surface area contributed by atoms with Gasteiger partial charge >= 0.3 is 0 Å². The predicted molar refractivity (Wildman–Crippen MR) is 60.6 cm³/mol. The number of benzene rings is 1. The predicted octanol–water partition coefficient (Wildman–Crippen LogP) is 2.63. The Morgan fingerprint density at radius 2 is 2.29 bits per heavy atom. The summed E-state index contributed by atoms with van der Waals surface area (Å²) in [6.45, 7) is 0. The standard InChI is InChI=1S/C11H7FN3S.Ir/c1-15-5-4-13-10(15)7-2-3-9-8(6-7)14-11(12)16-9;/h3-6H,1H3;/q-1;. The molecule has 6 heteroatoms. The van der Waals surface area contributed by atoms with Gasteiger partial charge in [-0.3, -0.25) is 4.98 Å². The summed E-state index contributed by atoms with van der Waals surface area (Å²) in [7, 11) is 1.90. The summed E-state index contributed by atoms with van der Waals surface area (Å²) in [6, 6.07) is 6.64. The molecule has 0 aliphatic carbocycles. The number of imidazole rings is 1. The second kappa shape index (κ2) is 4.64. The van der Waals surface area contributed by atoms with Crippen LogP contribution in [0.2, 0.25) is 0 Å².